The van der Waals surface area contributed by atoms with Gasteiger partial charge in [-0.2, -0.15) is 5.48 Å². The number of fused-ring (bicyclic) bond motifs is 1. The molecule has 0 aliphatic carbocycles. The number of rotatable bonds is 3. The first-order chi connectivity index (χ1) is 11.1. The molecule has 0 unspecified atom stereocenters. The van der Waals surface area contributed by atoms with E-state index in [0.29, 0.717) is 12.2 Å². The Hall–Kier alpha value is -3.08. The van der Waals surface area contributed by atoms with Crippen LogP contribution in [0.4, 0.5) is 0 Å². The van der Waals surface area contributed by atoms with E-state index in [1.807, 2.05) is 59.2 Å². The molecule has 5 heteroatoms. The fourth-order valence-corrected chi connectivity index (χ4v) is 2.51. The fourth-order valence-electron chi connectivity index (χ4n) is 2.51. The lowest BCUT2D eigenvalue weighted by Gasteiger charge is -2.11. The van der Waals surface area contributed by atoms with Crippen molar-refractivity contribution in [3.05, 3.63) is 71.9 Å². The van der Waals surface area contributed by atoms with Crippen LogP contribution in [0.25, 0.3) is 10.9 Å². The van der Waals surface area contributed by atoms with Gasteiger partial charge in [-0.15, -0.1) is 0 Å². The van der Waals surface area contributed by atoms with E-state index in [4.69, 9.17) is 0 Å². The Morgan fingerprint density at radius 2 is 1.74 bits per heavy atom. The minimum absolute atomic E-state index is 0.441. The Labute approximate surface area is 133 Å². The number of amides is 1. The van der Waals surface area contributed by atoms with E-state index in [1.165, 1.54) is 6.92 Å². The van der Waals surface area contributed by atoms with Crippen molar-refractivity contribution in [2.24, 2.45) is 0 Å². The molecule has 1 amide bonds. The van der Waals surface area contributed by atoms with Crippen molar-refractivity contribution in [1.82, 2.24) is 10.0 Å². The van der Waals surface area contributed by atoms with E-state index in [2.05, 4.69) is 10.3 Å². The average Bonchev–Trinajstić information content (AvgIpc) is 2.92. The second-order valence-corrected chi connectivity index (χ2v) is 5.18. The van der Waals surface area contributed by atoms with Gasteiger partial charge in [0.15, 0.2) is 0 Å². The van der Waals surface area contributed by atoms with Gasteiger partial charge < -0.3 is 9.40 Å². The first kappa shape index (κ1) is 14.8. The molecule has 3 aromatic rings. The zero-order chi connectivity index (χ0) is 16.2. The van der Waals surface area contributed by atoms with Crippen molar-refractivity contribution < 1.29 is 14.4 Å². The molecule has 23 heavy (non-hydrogen) atoms. The molecule has 5 nitrogen and oxygen atoms in total. The largest absolute Gasteiger partial charge is 0.341 e. The number of carbonyl (C=O) groups is 2. The minimum Gasteiger partial charge on any atom is -0.341 e. The summed E-state index contributed by atoms with van der Waals surface area (Å²) in [5.74, 6) is -1.02. The van der Waals surface area contributed by atoms with Crippen LogP contribution in [-0.2, 0) is 16.2 Å². The Kier molecular flexibility index (Phi) is 4.10. The zero-order valence-electron chi connectivity index (χ0n) is 12.7. The molecular weight excluding hydrogens is 292 g/mol. The highest BCUT2D eigenvalue weighted by molar-refractivity contribution is 5.98. The maximum atomic E-state index is 12.3. The summed E-state index contributed by atoms with van der Waals surface area (Å²) in [7, 11) is 0. The maximum absolute atomic E-state index is 12.3. The fraction of sp³-hybridized carbons (Fsp3) is 0.111. The molecule has 0 aliphatic heterocycles. The van der Waals surface area contributed by atoms with Gasteiger partial charge in [-0.25, -0.2) is 0 Å². The van der Waals surface area contributed by atoms with Crippen LogP contribution in [0.3, 0.4) is 0 Å². The highest BCUT2D eigenvalue weighted by Crippen LogP contribution is 2.21. The molecule has 1 aromatic heterocycles. The Balaban J connectivity index is 2.01. The van der Waals surface area contributed by atoms with E-state index in [-0.39, 0.29) is 0 Å². The van der Waals surface area contributed by atoms with Crippen molar-refractivity contribution >= 4 is 22.8 Å². The molecule has 0 bridgehead atoms. The van der Waals surface area contributed by atoms with Crippen LogP contribution in [0.1, 0.15) is 23.0 Å². The van der Waals surface area contributed by atoms with Gasteiger partial charge in [-0.1, -0.05) is 48.5 Å². The van der Waals surface area contributed by atoms with Crippen LogP contribution in [0.5, 0.6) is 0 Å². The lowest BCUT2D eigenvalue weighted by molar-refractivity contribution is -0.146. The molecule has 1 N–H and O–H groups in total. The normalized spacial score (nSPS) is 10.5. The highest BCUT2D eigenvalue weighted by Gasteiger charge is 2.16. The van der Waals surface area contributed by atoms with E-state index < -0.39 is 11.9 Å². The van der Waals surface area contributed by atoms with Crippen LogP contribution in [0.15, 0.2) is 60.7 Å². The van der Waals surface area contributed by atoms with Crippen molar-refractivity contribution in [2.45, 2.75) is 13.5 Å². The van der Waals surface area contributed by atoms with Crippen LogP contribution in [0.2, 0.25) is 0 Å². The van der Waals surface area contributed by atoms with Gasteiger partial charge in [0, 0.05) is 24.4 Å². The molecule has 1 heterocycles. The van der Waals surface area contributed by atoms with Gasteiger partial charge in [0.25, 0.3) is 0 Å². The second kappa shape index (κ2) is 6.36. The number of benzene rings is 2. The lowest BCUT2D eigenvalue weighted by atomic mass is 10.2. The summed E-state index contributed by atoms with van der Waals surface area (Å²) < 4.78 is 1.91. The molecule has 0 fully saturated rings. The van der Waals surface area contributed by atoms with Crippen LogP contribution < -0.4 is 5.48 Å². The summed E-state index contributed by atoms with van der Waals surface area (Å²) in [6, 6.07) is 19.4. The quantitative estimate of drug-likeness (QED) is 0.757. The van der Waals surface area contributed by atoms with Crippen molar-refractivity contribution in [1.29, 1.82) is 0 Å². The second-order valence-electron chi connectivity index (χ2n) is 5.18. The van der Waals surface area contributed by atoms with Gasteiger partial charge in [0.1, 0.15) is 5.69 Å². The molecule has 0 saturated carbocycles. The smallest absolute Gasteiger partial charge is 0.329 e. The summed E-state index contributed by atoms with van der Waals surface area (Å²) in [5.41, 5.74) is 4.64. The lowest BCUT2D eigenvalue weighted by Crippen LogP contribution is -2.28. The third-order valence-corrected chi connectivity index (χ3v) is 3.51. The molecular formula is C18H16N2O3. The number of para-hydroxylation sites is 1. The summed E-state index contributed by atoms with van der Waals surface area (Å²) in [6.45, 7) is 1.79. The van der Waals surface area contributed by atoms with Gasteiger partial charge in [0.05, 0.1) is 0 Å². The number of hydrogen-bond donors (Lipinski definition) is 1. The van der Waals surface area contributed by atoms with Crippen molar-refractivity contribution in [3.63, 3.8) is 0 Å². The van der Waals surface area contributed by atoms with Gasteiger partial charge in [-0.05, 0) is 17.7 Å². The summed E-state index contributed by atoms with van der Waals surface area (Å²) in [5, 5.41) is 0.955. The van der Waals surface area contributed by atoms with Crippen molar-refractivity contribution in [3.8, 4) is 0 Å². The molecule has 0 atom stereocenters. The minimum atomic E-state index is -0.566. The number of hydrogen-bond acceptors (Lipinski definition) is 3. The number of aromatic nitrogens is 1. The van der Waals surface area contributed by atoms with Gasteiger partial charge in [0.2, 0.25) is 0 Å². The Morgan fingerprint density at radius 3 is 2.48 bits per heavy atom. The molecule has 0 aliphatic rings. The van der Waals surface area contributed by atoms with E-state index in [9.17, 15) is 9.59 Å². The maximum Gasteiger partial charge on any atom is 0.329 e. The highest BCUT2D eigenvalue weighted by atomic mass is 16.7. The standard InChI is InChI=1S/C18H16N2O3/c1-13(21)23-19-18(22)17-11-15-9-5-6-10-16(15)20(17)12-14-7-3-2-4-8-14/h2-11H,12H2,1H3,(H,19,22). The van der Waals surface area contributed by atoms with Gasteiger partial charge in [-0.3, -0.25) is 9.59 Å². The van der Waals surface area contributed by atoms with E-state index >= 15 is 0 Å². The number of hydroxylamine groups is 1. The van der Waals surface area contributed by atoms with E-state index in [1.54, 1.807) is 6.07 Å². The summed E-state index contributed by atoms with van der Waals surface area (Å²) >= 11 is 0. The number of carbonyl (C=O) groups excluding carboxylic acids is 2. The SMILES string of the molecule is CC(=O)ONC(=O)c1cc2ccccc2n1Cc1ccccc1. The van der Waals surface area contributed by atoms with Gasteiger partial charge >= 0.3 is 11.9 Å². The topological polar surface area (TPSA) is 60.3 Å². The molecule has 0 radical (unpaired) electrons. The predicted molar refractivity (Wildman–Crippen MR) is 86.7 cm³/mol. The first-order valence-electron chi connectivity index (χ1n) is 7.25. The number of nitrogens with zero attached hydrogens (tertiary/aromatic N) is 1. The molecule has 0 spiro atoms. The molecule has 3 rings (SSSR count). The van der Waals surface area contributed by atoms with Crippen LogP contribution in [0, 0.1) is 0 Å². The third-order valence-electron chi connectivity index (χ3n) is 3.51. The first-order valence-corrected chi connectivity index (χ1v) is 7.25. The van der Waals surface area contributed by atoms with Crippen LogP contribution >= 0.6 is 0 Å². The molecule has 0 saturated heterocycles. The average molecular weight is 308 g/mol. The monoisotopic (exact) mass is 308 g/mol. The van der Waals surface area contributed by atoms with Crippen molar-refractivity contribution in [2.75, 3.05) is 0 Å². The molecule has 116 valence electrons. The van der Waals surface area contributed by atoms with Crippen LogP contribution in [-0.4, -0.2) is 16.4 Å². The third kappa shape index (κ3) is 3.23. The summed E-state index contributed by atoms with van der Waals surface area (Å²) in [4.78, 5) is 27.8. The Bertz CT molecular complexity index is 853. The molecule has 2 aromatic carbocycles. The zero-order valence-corrected chi connectivity index (χ0v) is 12.7. The van der Waals surface area contributed by atoms with E-state index in [0.717, 1.165) is 16.5 Å². The predicted octanol–water partition coefficient (Wildman–Crippen LogP) is 2.90. The number of nitrogens with one attached hydrogen (secondary N) is 1. The Morgan fingerprint density at radius 1 is 1.04 bits per heavy atom. The summed E-state index contributed by atoms with van der Waals surface area (Å²) in [6.07, 6.45) is 0.